The van der Waals surface area contributed by atoms with Crippen LogP contribution in [0.25, 0.3) is 0 Å². The summed E-state index contributed by atoms with van der Waals surface area (Å²) in [6, 6.07) is 9.55. The second kappa shape index (κ2) is 10.2. The van der Waals surface area contributed by atoms with Crippen LogP contribution >= 0.6 is 0 Å². The van der Waals surface area contributed by atoms with E-state index in [9.17, 15) is 0 Å². The average Bonchev–Trinajstić information content (AvgIpc) is 2.49. The van der Waals surface area contributed by atoms with Gasteiger partial charge in [0.25, 0.3) is 0 Å². The van der Waals surface area contributed by atoms with E-state index in [2.05, 4.69) is 36.9 Å². The van der Waals surface area contributed by atoms with E-state index in [4.69, 9.17) is 10.00 Å². The minimum Gasteiger partial charge on any atom is -0.492 e. The molecule has 0 fully saturated rings. The molecule has 0 spiro atoms. The van der Waals surface area contributed by atoms with E-state index in [1.54, 1.807) is 6.07 Å². The molecular formula is C17H27N3O. The Morgan fingerprint density at radius 2 is 1.81 bits per heavy atom. The van der Waals surface area contributed by atoms with Crippen LogP contribution in [-0.2, 0) is 0 Å². The SMILES string of the molecule is CCN(CCCOc1ccccc1C#N)CCCN(C)C. The highest BCUT2D eigenvalue weighted by Gasteiger charge is 2.04. The van der Waals surface area contributed by atoms with Gasteiger partial charge in [-0.25, -0.2) is 0 Å². The van der Waals surface area contributed by atoms with Crippen molar-refractivity contribution in [1.29, 1.82) is 5.26 Å². The number of hydrogen-bond acceptors (Lipinski definition) is 4. The first-order valence-corrected chi connectivity index (χ1v) is 7.66. The third-order valence-electron chi connectivity index (χ3n) is 3.41. The molecule has 0 N–H and O–H groups in total. The third kappa shape index (κ3) is 7.12. The first kappa shape index (κ1) is 17.5. The summed E-state index contributed by atoms with van der Waals surface area (Å²) in [7, 11) is 4.22. The quantitative estimate of drug-likeness (QED) is 0.621. The number of nitriles is 1. The molecule has 0 saturated carbocycles. The Morgan fingerprint density at radius 3 is 2.48 bits per heavy atom. The molecule has 4 nitrogen and oxygen atoms in total. The summed E-state index contributed by atoms with van der Waals surface area (Å²) in [5.74, 6) is 0.690. The molecule has 0 saturated heterocycles. The summed E-state index contributed by atoms with van der Waals surface area (Å²) in [5.41, 5.74) is 0.607. The Morgan fingerprint density at radius 1 is 1.10 bits per heavy atom. The Hall–Kier alpha value is -1.57. The van der Waals surface area contributed by atoms with Crippen molar-refractivity contribution in [2.45, 2.75) is 19.8 Å². The standard InChI is InChI=1S/C17H27N3O/c1-4-20(12-7-11-19(2)3)13-8-14-21-17-10-6-5-9-16(17)15-18/h5-6,9-10H,4,7-8,11-14H2,1-3H3. The minimum atomic E-state index is 0.607. The molecule has 1 rings (SSSR count). The van der Waals surface area contributed by atoms with Crippen molar-refractivity contribution >= 4 is 0 Å². The molecule has 21 heavy (non-hydrogen) atoms. The fourth-order valence-electron chi connectivity index (χ4n) is 2.19. The van der Waals surface area contributed by atoms with Crippen molar-refractivity contribution in [1.82, 2.24) is 9.80 Å². The lowest BCUT2D eigenvalue weighted by molar-refractivity contribution is 0.232. The normalized spacial score (nSPS) is 10.9. The van der Waals surface area contributed by atoms with Crippen LogP contribution in [0.5, 0.6) is 5.75 Å². The van der Waals surface area contributed by atoms with Gasteiger partial charge < -0.3 is 14.5 Å². The fraction of sp³-hybridized carbons (Fsp3) is 0.588. The molecule has 116 valence electrons. The van der Waals surface area contributed by atoms with Crippen LogP contribution in [0.3, 0.4) is 0 Å². The van der Waals surface area contributed by atoms with Gasteiger partial charge in [-0.2, -0.15) is 5.26 Å². The van der Waals surface area contributed by atoms with Crippen LogP contribution in [0.15, 0.2) is 24.3 Å². The van der Waals surface area contributed by atoms with Gasteiger partial charge >= 0.3 is 0 Å². The lowest BCUT2D eigenvalue weighted by Gasteiger charge is -2.21. The van der Waals surface area contributed by atoms with Gasteiger partial charge in [-0.15, -0.1) is 0 Å². The number of ether oxygens (including phenoxy) is 1. The Kier molecular flexibility index (Phi) is 8.49. The van der Waals surface area contributed by atoms with E-state index in [0.717, 1.165) is 32.6 Å². The Bertz CT molecular complexity index is 440. The summed E-state index contributed by atoms with van der Waals surface area (Å²) < 4.78 is 5.71. The van der Waals surface area contributed by atoms with Gasteiger partial charge in [-0.1, -0.05) is 19.1 Å². The topological polar surface area (TPSA) is 39.5 Å². The van der Waals surface area contributed by atoms with E-state index in [1.807, 2.05) is 18.2 Å². The molecule has 0 bridgehead atoms. The highest BCUT2D eigenvalue weighted by Crippen LogP contribution is 2.16. The van der Waals surface area contributed by atoms with Crippen LogP contribution in [0.4, 0.5) is 0 Å². The molecule has 0 atom stereocenters. The molecule has 0 amide bonds. The van der Waals surface area contributed by atoms with Gasteiger partial charge in [0.1, 0.15) is 11.8 Å². The Labute approximate surface area is 128 Å². The van der Waals surface area contributed by atoms with Crippen molar-refractivity contribution in [3.63, 3.8) is 0 Å². The van der Waals surface area contributed by atoms with E-state index >= 15 is 0 Å². The van der Waals surface area contributed by atoms with Gasteiger partial charge in [0.05, 0.1) is 12.2 Å². The maximum absolute atomic E-state index is 9.00. The van der Waals surface area contributed by atoms with Gasteiger partial charge in [0, 0.05) is 6.54 Å². The molecule has 4 heteroatoms. The van der Waals surface area contributed by atoms with E-state index in [-0.39, 0.29) is 0 Å². The van der Waals surface area contributed by atoms with E-state index < -0.39 is 0 Å². The first-order valence-electron chi connectivity index (χ1n) is 7.66. The van der Waals surface area contributed by atoms with Crippen LogP contribution in [-0.4, -0.2) is 56.7 Å². The highest BCUT2D eigenvalue weighted by atomic mass is 16.5. The van der Waals surface area contributed by atoms with Gasteiger partial charge in [0.2, 0.25) is 0 Å². The fourth-order valence-corrected chi connectivity index (χ4v) is 2.19. The molecule has 0 aromatic heterocycles. The summed E-state index contributed by atoms with van der Waals surface area (Å²) in [6.07, 6.45) is 2.18. The average molecular weight is 289 g/mol. The summed E-state index contributed by atoms with van der Waals surface area (Å²) in [5, 5.41) is 9.00. The molecule has 0 aliphatic heterocycles. The molecule has 0 aliphatic rings. The van der Waals surface area contributed by atoms with Crippen molar-refractivity contribution in [3.8, 4) is 11.8 Å². The summed E-state index contributed by atoms with van der Waals surface area (Å²) in [6.45, 7) is 7.22. The second-order valence-electron chi connectivity index (χ2n) is 5.40. The predicted molar refractivity (Wildman–Crippen MR) is 86.6 cm³/mol. The zero-order chi connectivity index (χ0) is 15.5. The van der Waals surface area contributed by atoms with Crippen molar-refractivity contribution < 1.29 is 4.74 Å². The van der Waals surface area contributed by atoms with Gasteiger partial charge in [0.15, 0.2) is 0 Å². The number of para-hydroxylation sites is 1. The minimum absolute atomic E-state index is 0.607. The van der Waals surface area contributed by atoms with Crippen molar-refractivity contribution in [2.24, 2.45) is 0 Å². The summed E-state index contributed by atoms with van der Waals surface area (Å²) in [4.78, 5) is 4.67. The molecule has 0 aliphatic carbocycles. The van der Waals surface area contributed by atoms with Gasteiger partial charge in [-0.05, 0) is 58.7 Å². The lowest BCUT2D eigenvalue weighted by Crippen LogP contribution is -2.29. The molecule has 0 heterocycles. The molecule has 1 aromatic rings. The number of hydrogen-bond donors (Lipinski definition) is 0. The van der Waals surface area contributed by atoms with Crippen molar-refractivity contribution in [2.75, 3.05) is 46.9 Å². The van der Waals surface area contributed by atoms with Crippen LogP contribution in [0.2, 0.25) is 0 Å². The van der Waals surface area contributed by atoms with E-state index in [1.165, 1.54) is 6.42 Å². The van der Waals surface area contributed by atoms with Crippen LogP contribution in [0.1, 0.15) is 25.3 Å². The van der Waals surface area contributed by atoms with Crippen LogP contribution < -0.4 is 4.74 Å². The molecule has 1 aromatic carbocycles. The predicted octanol–water partition coefficient (Wildman–Crippen LogP) is 2.60. The molecular weight excluding hydrogens is 262 g/mol. The Balaban J connectivity index is 2.24. The van der Waals surface area contributed by atoms with E-state index in [0.29, 0.717) is 17.9 Å². The number of nitrogens with zero attached hydrogens (tertiary/aromatic N) is 3. The molecule has 0 radical (unpaired) electrons. The summed E-state index contributed by atoms with van der Waals surface area (Å²) >= 11 is 0. The second-order valence-corrected chi connectivity index (χ2v) is 5.40. The maximum atomic E-state index is 9.00. The largest absolute Gasteiger partial charge is 0.492 e. The maximum Gasteiger partial charge on any atom is 0.137 e. The lowest BCUT2D eigenvalue weighted by atomic mass is 10.2. The van der Waals surface area contributed by atoms with Crippen LogP contribution in [0, 0.1) is 11.3 Å². The smallest absolute Gasteiger partial charge is 0.137 e. The zero-order valence-electron chi connectivity index (χ0n) is 13.5. The monoisotopic (exact) mass is 289 g/mol. The third-order valence-corrected chi connectivity index (χ3v) is 3.41. The molecule has 0 unspecified atom stereocenters. The van der Waals surface area contributed by atoms with Gasteiger partial charge in [-0.3, -0.25) is 0 Å². The number of rotatable bonds is 10. The first-order chi connectivity index (χ1) is 10.2. The van der Waals surface area contributed by atoms with Crippen molar-refractivity contribution in [3.05, 3.63) is 29.8 Å². The zero-order valence-corrected chi connectivity index (χ0v) is 13.5. The number of benzene rings is 1. The highest BCUT2D eigenvalue weighted by molar-refractivity contribution is 5.42.